The Bertz CT molecular complexity index is 702. The SMILES string of the molecule is [2H]C[Si@@](CN1CCCCC1)([Si](C)(C)C)[Si](C)(c1ccccc1)c1ccccc1. The van der Waals surface area contributed by atoms with E-state index in [1.165, 1.54) is 38.5 Å². The highest BCUT2D eigenvalue weighted by molar-refractivity contribution is 7.73. The summed E-state index contributed by atoms with van der Waals surface area (Å²) in [5.74, 6) is 0. The van der Waals surface area contributed by atoms with Gasteiger partial charge in [-0.15, -0.1) is 0 Å². The molecule has 3 rings (SSSR count). The highest BCUT2D eigenvalue weighted by atomic mass is 29.6. The molecule has 4 heteroatoms. The van der Waals surface area contributed by atoms with Gasteiger partial charge in [0.1, 0.15) is 7.59 Å². The normalized spacial score (nSPS) is 19.3. The summed E-state index contributed by atoms with van der Waals surface area (Å²) >= 11 is 0. The van der Waals surface area contributed by atoms with Crippen molar-refractivity contribution in [3.05, 3.63) is 60.7 Å². The molecule has 1 atom stereocenters. The van der Waals surface area contributed by atoms with E-state index in [0.29, 0.717) is 6.52 Å². The van der Waals surface area contributed by atoms with Gasteiger partial charge in [0.15, 0.2) is 0 Å². The van der Waals surface area contributed by atoms with Gasteiger partial charge >= 0.3 is 0 Å². The molecule has 0 bridgehead atoms. The highest BCUT2D eigenvalue weighted by Gasteiger charge is 2.57. The van der Waals surface area contributed by atoms with Gasteiger partial charge in [-0.3, -0.25) is 0 Å². The average Bonchev–Trinajstić information content (AvgIpc) is 2.72. The van der Waals surface area contributed by atoms with E-state index in [0.717, 1.165) is 0 Å². The van der Waals surface area contributed by atoms with Crippen LogP contribution in [-0.2, 0) is 0 Å². The number of hydrogen-bond donors (Lipinski definition) is 0. The van der Waals surface area contributed by atoms with Crippen molar-refractivity contribution in [2.45, 2.75) is 52.0 Å². The zero-order chi connectivity index (χ0) is 20.3. The summed E-state index contributed by atoms with van der Waals surface area (Å²) in [4.78, 5) is 2.76. The van der Waals surface area contributed by atoms with Crippen molar-refractivity contribution in [2.24, 2.45) is 0 Å². The molecule has 1 saturated heterocycles. The molecule has 27 heavy (non-hydrogen) atoms. The van der Waals surface area contributed by atoms with E-state index >= 15 is 0 Å². The maximum Gasteiger partial charge on any atom is 0.107 e. The molecule has 0 saturated carbocycles. The van der Waals surface area contributed by atoms with Crippen molar-refractivity contribution >= 4 is 32.7 Å². The predicted molar refractivity (Wildman–Crippen MR) is 129 cm³/mol. The van der Waals surface area contributed by atoms with Crippen LogP contribution in [0.1, 0.15) is 20.6 Å². The van der Waals surface area contributed by atoms with Crippen molar-refractivity contribution in [3.8, 4) is 0 Å². The van der Waals surface area contributed by atoms with Crippen molar-refractivity contribution in [1.82, 2.24) is 4.90 Å². The lowest BCUT2D eigenvalue weighted by molar-refractivity contribution is 0.261. The molecule has 1 nitrogen and oxygen atoms in total. The van der Waals surface area contributed by atoms with Crippen molar-refractivity contribution in [1.29, 1.82) is 0 Å². The predicted octanol–water partition coefficient (Wildman–Crippen LogP) is 4.48. The summed E-state index contributed by atoms with van der Waals surface area (Å²) in [6, 6.07) is 22.7. The summed E-state index contributed by atoms with van der Waals surface area (Å²) in [6.07, 6.45) is 5.29. The number of nitrogens with zero attached hydrogens (tertiary/aromatic N) is 1. The monoisotopic (exact) mass is 412 g/mol. The Hall–Kier alpha value is -0.949. The van der Waals surface area contributed by atoms with Crippen LogP contribution in [0.3, 0.4) is 0 Å². The number of hydrogen-bond acceptors (Lipinski definition) is 1. The Morgan fingerprint density at radius 2 is 1.26 bits per heavy atom. The third kappa shape index (κ3) is 3.95. The van der Waals surface area contributed by atoms with Gasteiger partial charge in [0.2, 0.25) is 0 Å². The minimum atomic E-state index is -2.03. The topological polar surface area (TPSA) is 3.24 Å². The van der Waals surface area contributed by atoms with E-state index in [2.05, 4.69) is 91.8 Å². The molecule has 0 radical (unpaired) electrons. The molecule has 1 aliphatic heterocycles. The lowest BCUT2D eigenvalue weighted by Gasteiger charge is -2.53. The van der Waals surface area contributed by atoms with Crippen molar-refractivity contribution in [3.63, 3.8) is 0 Å². The molecule has 1 fully saturated rings. The van der Waals surface area contributed by atoms with Crippen LogP contribution in [-0.4, -0.2) is 46.4 Å². The summed E-state index contributed by atoms with van der Waals surface area (Å²) in [7, 11) is -5.50. The first-order chi connectivity index (χ1) is 13.3. The zero-order valence-corrected chi connectivity index (χ0v) is 20.7. The smallest absolute Gasteiger partial charge is 0.107 e. The van der Waals surface area contributed by atoms with Crippen LogP contribution in [0.25, 0.3) is 0 Å². The molecule has 0 aromatic heterocycles. The summed E-state index contributed by atoms with van der Waals surface area (Å²) in [6.45, 7) is 13.5. The van der Waals surface area contributed by atoms with E-state index in [4.69, 9.17) is 1.37 Å². The minimum Gasteiger partial charge on any atom is -0.307 e. The van der Waals surface area contributed by atoms with Gasteiger partial charge in [-0.1, -0.05) is 110 Å². The van der Waals surface area contributed by atoms with Gasteiger partial charge in [-0.05, 0) is 32.1 Å². The first-order valence-corrected chi connectivity index (χ1v) is 20.9. The molecule has 1 aliphatic rings. The van der Waals surface area contributed by atoms with Crippen LogP contribution in [0, 0.1) is 0 Å². The highest BCUT2D eigenvalue weighted by Crippen LogP contribution is 2.31. The molecule has 1 heterocycles. The first kappa shape index (κ1) is 19.4. The van der Waals surface area contributed by atoms with Crippen LogP contribution >= 0.6 is 0 Å². The van der Waals surface area contributed by atoms with Gasteiger partial charge in [0.05, 0.1) is 7.11 Å². The number of benzene rings is 2. The van der Waals surface area contributed by atoms with Crippen molar-refractivity contribution in [2.75, 3.05) is 19.3 Å². The van der Waals surface area contributed by atoms with Gasteiger partial charge in [-0.25, -0.2) is 0 Å². The van der Waals surface area contributed by atoms with Crippen LogP contribution in [0.2, 0.25) is 32.7 Å². The fourth-order valence-electron chi connectivity index (χ4n) is 4.91. The van der Waals surface area contributed by atoms with Crippen LogP contribution in [0.15, 0.2) is 60.7 Å². The van der Waals surface area contributed by atoms with E-state index in [1.807, 2.05) is 0 Å². The molecule has 0 spiro atoms. The summed E-state index contributed by atoms with van der Waals surface area (Å²) in [5.41, 5.74) is 0. The quantitative estimate of drug-likeness (QED) is 0.632. The molecular weight excluding hydrogens is 375 g/mol. The number of piperidine rings is 1. The second kappa shape index (κ2) is 8.19. The average molecular weight is 413 g/mol. The van der Waals surface area contributed by atoms with Gasteiger partial charge < -0.3 is 4.90 Å². The van der Waals surface area contributed by atoms with E-state index in [1.54, 1.807) is 10.4 Å². The number of likely N-dealkylation sites (tertiary alicyclic amines) is 1. The standard InChI is InChI=1S/C23H37NSi3/c1-25(2,3)26(4,21-24-19-13-8-14-20-24)27(5,22-15-9-6-10-16-22)23-17-11-7-12-18-23/h6-7,9-12,15-18H,8,13-14,19-21H2,1-5H3/t26-/m1/s1/i4D. The molecule has 0 aliphatic carbocycles. The van der Waals surface area contributed by atoms with E-state index in [9.17, 15) is 0 Å². The fourth-order valence-corrected chi connectivity index (χ4v) is 40.1. The molecule has 2 aromatic carbocycles. The fraction of sp³-hybridized carbons (Fsp3) is 0.478. The Morgan fingerprint density at radius 3 is 1.67 bits per heavy atom. The lowest BCUT2D eigenvalue weighted by Crippen LogP contribution is -2.84. The summed E-state index contributed by atoms with van der Waals surface area (Å²) < 4.78 is 9.04. The Morgan fingerprint density at radius 1 is 0.778 bits per heavy atom. The number of rotatable bonds is 6. The third-order valence-electron chi connectivity index (χ3n) is 7.04. The van der Waals surface area contributed by atoms with Crippen molar-refractivity contribution < 1.29 is 1.37 Å². The first-order valence-electron chi connectivity index (χ1n) is 11.2. The Labute approximate surface area is 170 Å². The minimum absolute atomic E-state index is 0.672. The molecule has 0 amide bonds. The van der Waals surface area contributed by atoms with Crippen LogP contribution in [0.4, 0.5) is 0 Å². The Kier molecular flexibility index (Phi) is 5.88. The van der Waals surface area contributed by atoms with Gasteiger partial charge in [0, 0.05) is 8.96 Å². The van der Waals surface area contributed by atoms with E-state index < -0.39 is 22.3 Å². The zero-order valence-electron chi connectivity index (χ0n) is 18.7. The largest absolute Gasteiger partial charge is 0.307 e. The van der Waals surface area contributed by atoms with Gasteiger partial charge in [-0.2, -0.15) is 0 Å². The maximum atomic E-state index is 9.04. The third-order valence-corrected chi connectivity index (χ3v) is 44.1. The van der Waals surface area contributed by atoms with E-state index in [-0.39, 0.29) is 0 Å². The molecular formula is C23H37NSi3. The molecule has 146 valence electrons. The summed E-state index contributed by atoms with van der Waals surface area (Å²) in [5, 5.41) is 3.11. The van der Waals surface area contributed by atoms with Gasteiger partial charge in [0.25, 0.3) is 0 Å². The second-order valence-electron chi connectivity index (χ2n) is 9.53. The molecule has 0 unspecified atom stereocenters. The van der Waals surface area contributed by atoms with Crippen LogP contribution in [0.5, 0.6) is 0 Å². The van der Waals surface area contributed by atoms with Crippen LogP contribution < -0.4 is 10.4 Å². The second-order valence-corrected chi connectivity index (χ2v) is 34.7. The maximum absolute atomic E-state index is 9.04. The lowest BCUT2D eigenvalue weighted by atomic mass is 10.1. The molecule has 2 aromatic rings. The Balaban J connectivity index is 2.22. The molecule has 0 N–H and O–H groups in total.